The molecule has 0 radical (unpaired) electrons. The molecule has 1 saturated carbocycles. The van der Waals surface area contributed by atoms with Gasteiger partial charge in [0.05, 0.1) is 24.0 Å². The maximum absolute atomic E-state index is 5.60. The second-order valence-corrected chi connectivity index (χ2v) is 6.26. The van der Waals surface area contributed by atoms with Crippen LogP contribution in [0.25, 0.3) is 0 Å². The summed E-state index contributed by atoms with van der Waals surface area (Å²) < 4.78 is 5.60. The molecular formula is C17H27N3O. The van der Waals surface area contributed by atoms with Crippen molar-refractivity contribution in [3.05, 3.63) is 18.3 Å². The fourth-order valence-corrected chi connectivity index (χ4v) is 3.54. The Morgan fingerprint density at radius 2 is 1.90 bits per heavy atom. The lowest BCUT2D eigenvalue weighted by Gasteiger charge is -2.32. The maximum atomic E-state index is 5.60. The largest absolute Gasteiger partial charge is 0.379 e. The zero-order valence-corrected chi connectivity index (χ0v) is 13.1. The highest BCUT2D eigenvalue weighted by Crippen LogP contribution is 2.25. The third kappa shape index (κ3) is 3.67. The molecule has 1 aliphatic heterocycles. The molecule has 2 aliphatic rings. The number of anilines is 2. The van der Waals surface area contributed by atoms with E-state index in [9.17, 15) is 0 Å². The molecule has 4 heteroatoms. The molecule has 0 spiro atoms. The maximum Gasteiger partial charge on any atom is 0.128 e. The lowest BCUT2D eigenvalue weighted by molar-refractivity contribution is 0.0606. The Kier molecular flexibility index (Phi) is 4.96. The van der Waals surface area contributed by atoms with Crippen molar-refractivity contribution in [2.75, 3.05) is 30.4 Å². The topological polar surface area (TPSA) is 37.4 Å². The van der Waals surface area contributed by atoms with Crippen LogP contribution in [0, 0.1) is 0 Å². The Bertz CT molecular complexity index is 428. The number of hydrogen-bond acceptors (Lipinski definition) is 4. The van der Waals surface area contributed by atoms with Crippen LogP contribution in [-0.4, -0.2) is 37.3 Å². The summed E-state index contributed by atoms with van der Waals surface area (Å²) in [6, 6.07) is 4.74. The number of rotatable bonds is 4. The van der Waals surface area contributed by atoms with Crippen molar-refractivity contribution in [3.63, 3.8) is 0 Å². The van der Waals surface area contributed by atoms with Gasteiger partial charge >= 0.3 is 0 Å². The molecule has 21 heavy (non-hydrogen) atoms. The number of nitrogens with one attached hydrogen (secondary N) is 1. The third-order valence-electron chi connectivity index (χ3n) is 4.79. The highest BCUT2D eigenvalue weighted by molar-refractivity contribution is 5.49. The van der Waals surface area contributed by atoms with Crippen LogP contribution < -0.4 is 10.2 Å². The highest BCUT2D eigenvalue weighted by Gasteiger charge is 2.24. The van der Waals surface area contributed by atoms with Crippen LogP contribution in [0.5, 0.6) is 0 Å². The molecule has 1 N–H and O–H groups in total. The van der Waals surface area contributed by atoms with E-state index in [1.165, 1.54) is 38.5 Å². The predicted molar refractivity (Wildman–Crippen MR) is 87.0 cm³/mol. The summed E-state index contributed by atoms with van der Waals surface area (Å²) in [5.41, 5.74) is 1.12. The van der Waals surface area contributed by atoms with E-state index >= 15 is 0 Å². The lowest BCUT2D eigenvalue weighted by Crippen LogP contribution is -2.37. The van der Waals surface area contributed by atoms with Gasteiger partial charge in [0.2, 0.25) is 0 Å². The van der Waals surface area contributed by atoms with Gasteiger partial charge in [0.15, 0.2) is 0 Å². The molecule has 0 aromatic carbocycles. The number of ether oxygens (including phenoxy) is 1. The van der Waals surface area contributed by atoms with Crippen LogP contribution in [-0.2, 0) is 4.74 Å². The van der Waals surface area contributed by atoms with Crippen molar-refractivity contribution in [2.24, 2.45) is 0 Å². The van der Waals surface area contributed by atoms with E-state index in [0.29, 0.717) is 12.1 Å². The van der Waals surface area contributed by atoms with Gasteiger partial charge < -0.3 is 15.0 Å². The second kappa shape index (κ2) is 7.12. The summed E-state index contributed by atoms with van der Waals surface area (Å²) in [4.78, 5) is 7.04. The van der Waals surface area contributed by atoms with Crippen molar-refractivity contribution in [3.8, 4) is 0 Å². The Morgan fingerprint density at radius 3 is 2.62 bits per heavy atom. The van der Waals surface area contributed by atoms with Gasteiger partial charge in [0, 0.05) is 20.2 Å². The van der Waals surface area contributed by atoms with E-state index < -0.39 is 0 Å². The zero-order valence-electron chi connectivity index (χ0n) is 13.1. The lowest BCUT2D eigenvalue weighted by atomic mass is 9.92. The molecular weight excluding hydrogens is 262 g/mol. The highest BCUT2D eigenvalue weighted by atomic mass is 16.5. The quantitative estimate of drug-likeness (QED) is 0.921. The Labute approximate surface area is 127 Å². The molecule has 116 valence electrons. The van der Waals surface area contributed by atoms with Crippen molar-refractivity contribution >= 4 is 11.5 Å². The minimum Gasteiger partial charge on any atom is -0.379 e. The van der Waals surface area contributed by atoms with Gasteiger partial charge in [-0.15, -0.1) is 0 Å². The van der Waals surface area contributed by atoms with Crippen LogP contribution >= 0.6 is 0 Å². The van der Waals surface area contributed by atoms with Crippen molar-refractivity contribution in [1.82, 2.24) is 4.98 Å². The van der Waals surface area contributed by atoms with E-state index in [-0.39, 0.29) is 0 Å². The van der Waals surface area contributed by atoms with Gasteiger partial charge in [-0.25, -0.2) is 4.98 Å². The average molecular weight is 289 g/mol. The van der Waals surface area contributed by atoms with E-state index in [2.05, 4.69) is 27.3 Å². The van der Waals surface area contributed by atoms with Crippen LogP contribution in [0.4, 0.5) is 11.5 Å². The molecule has 1 aromatic rings. The summed E-state index contributed by atoms with van der Waals surface area (Å²) in [5, 5.41) is 3.61. The summed E-state index contributed by atoms with van der Waals surface area (Å²) >= 11 is 0. The van der Waals surface area contributed by atoms with Gasteiger partial charge in [-0.1, -0.05) is 12.8 Å². The fourth-order valence-electron chi connectivity index (χ4n) is 3.54. The number of nitrogens with zero attached hydrogens (tertiary/aromatic N) is 2. The first-order chi connectivity index (χ1) is 10.4. The van der Waals surface area contributed by atoms with E-state index in [4.69, 9.17) is 4.74 Å². The molecule has 2 atom stereocenters. The van der Waals surface area contributed by atoms with Crippen molar-refractivity contribution in [2.45, 2.75) is 57.1 Å². The summed E-state index contributed by atoms with van der Waals surface area (Å²) in [6.07, 6.45) is 11.2. The van der Waals surface area contributed by atoms with Gasteiger partial charge in [-0.2, -0.15) is 0 Å². The number of methoxy groups -OCH3 is 1. The Balaban J connectivity index is 1.61. The monoisotopic (exact) mass is 289 g/mol. The van der Waals surface area contributed by atoms with Gasteiger partial charge in [-0.3, -0.25) is 0 Å². The summed E-state index contributed by atoms with van der Waals surface area (Å²) in [7, 11) is 1.82. The first-order valence-electron chi connectivity index (χ1n) is 8.37. The zero-order chi connectivity index (χ0) is 14.5. The molecule has 3 rings (SSSR count). The predicted octanol–water partition coefficient (Wildman–Crippen LogP) is 3.44. The molecule has 1 saturated heterocycles. The van der Waals surface area contributed by atoms with E-state index in [0.717, 1.165) is 31.0 Å². The fraction of sp³-hybridized carbons (Fsp3) is 0.706. The standard InChI is InChI=1S/C17H27N3O/c1-21-16-8-4-3-7-15(16)19-14-9-10-17(18-13-14)20-11-5-2-6-12-20/h9-10,13,15-16,19H,2-8,11-12H2,1H3. The second-order valence-electron chi connectivity index (χ2n) is 6.26. The van der Waals surface area contributed by atoms with Crippen LogP contribution in [0.2, 0.25) is 0 Å². The molecule has 0 amide bonds. The van der Waals surface area contributed by atoms with E-state index in [1.54, 1.807) is 0 Å². The SMILES string of the molecule is COC1CCCCC1Nc1ccc(N2CCCCC2)nc1. The van der Waals surface area contributed by atoms with Crippen LogP contribution in [0.3, 0.4) is 0 Å². The first-order valence-corrected chi connectivity index (χ1v) is 8.37. The molecule has 1 aromatic heterocycles. The number of hydrogen-bond donors (Lipinski definition) is 1. The van der Waals surface area contributed by atoms with Crippen molar-refractivity contribution < 1.29 is 4.74 Å². The normalized spacial score (nSPS) is 26.6. The smallest absolute Gasteiger partial charge is 0.128 e. The number of pyridine rings is 1. The minimum atomic E-state index is 0.334. The van der Waals surface area contributed by atoms with Gasteiger partial charge in [0.1, 0.15) is 5.82 Å². The van der Waals surface area contributed by atoms with Gasteiger partial charge in [-0.05, 0) is 44.2 Å². The number of piperidine rings is 1. The molecule has 2 heterocycles. The Hall–Kier alpha value is -1.29. The molecule has 2 fully saturated rings. The van der Waals surface area contributed by atoms with Crippen LogP contribution in [0.1, 0.15) is 44.9 Å². The molecule has 0 bridgehead atoms. The molecule has 1 aliphatic carbocycles. The number of aromatic nitrogens is 1. The van der Waals surface area contributed by atoms with E-state index in [1.807, 2.05) is 13.3 Å². The van der Waals surface area contributed by atoms with Crippen LogP contribution in [0.15, 0.2) is 18.3 Å². The van der Waals surface area contributed by atoms with Gasteiger partial charge in [0.25, 0.3) is 0 Å². The summed E-state index contributed by atoms with van der Waals surface area (Å²) in [6.45, 7) is 2.29. The Morgan fingerprint density at radius 1 is 1.10 bits per heavy atom. The van der Waals surface area contributed by atoms with Crippen molar-refractivity contribution in [1.29, 1.82) is 0 Å². The first kappa shape index (κ1) is 14.6. The third-order valence-corrected chi connectivity index (χ3v) is 4.79. The average Bonchev–Trinajstić information content (AvgIpc) is 2.57. The molecule has 2 unspecified atom stereocenters. The molecule has 4 nitrogen and oxygen atoms in total. The summed E-state index contributed by atoms with van der Waals surface area (Å²) in [5.74, 6) is 1.12. The minimum absolute atomic E-state index is 0.334.